The highest BCUT2D eigenvalue weighted by atomic mass is 35.5. The van der Waals surface area contributed by atoms with Crippen LogP contribution in [-0.4, -0.2) is 5.78 Å². The number of nitriles is 1. The van der Waals surface area contributed by atoms with E-state index < -0.39 is 0 Å². The van der Waals surface area contributed by atoms with Gasteiger partial charge in [0.1, 0.15) is 0 Å². The van der Waals surface area contributed by atoms with E-state index in [1.165, 1.54) is 0 Å². The third-order valence-corrected chi connectivity index (χ3v) is 3.18. The second-order valence-electron chi connectivity index (χ2n) is 5.13. The Morgan fingerprint density at radius 3 is 2.44 bits per heavy atom. The van der Waals surface area contributed by atoms with Gasteiger partial charge in [-0.1, -0.05) is 18.0 Å². The molecule has 0 amide bonds. The molecule has 2 nitrogen and oxygen atoms in total. The van der Waals surface area contributed by atoms with Crippen molar-refractivity contribution >= 4 is 17.4 Å². The molecule has 0 fully saturated rings. The van der Waals surface area contributed by atoms with Crippen LogP contribution < -0.4 is 0 Å². The Kier molecular flexibility index (Phi) is 5.37. The molecule has 0 aliphatic carbocycles. The maximum atomic E-state index is 11.8. The first-order valence-electron chi connectivity index (χ1n) is 6.15. The van der Waals surface area contributed by atoms with E-state index in [1.807, 2.05) is 13.8 Å². The van der Waals surface area contributed by atoms with Crippen LogP contribution in [0.15, 0.2) is 24.3 Å². The highest BCUT2D eigenvalue weighted by Gasteiger charge is 2.16. The summed E-state index contributed by atoms with van der Waals surface area (Å²) in [6, 6.07) is 9.23. The lowest BCUT2D eigenvalue weighted by Gasteiger charge is -2.13. The van der Waals surface area contributed by atoms with Gasteiger partial charge in [0.2, 0.25) is 0 Å². The van der Waals surface area contributed by atoms with Crippen molar-refractivity contribution in [3.05, 3.63) is 34.9 Å². The molecule has 1 rings (SSSR count). The van der Waals surface area contributed by atoms with Gasteiger partial charge in [0.15, 0.2) is 5.78 Å². The van der Waals surface area contributed by atoms with Gasteiger partial charge >= 0.3 is 0 Å². The maximum Gasteiger partial charge on any atom is 0.162 e. The van der Waals surface area contributed by atoms with Gasteiger partial charge in [-0.3, -0.25) is 4.79 Å². The van der Waals surface area contributed by atoms with Gasteiger partial charge in [-0.2, -0.15) is 5.26 Å². The van der Waals surface area contributed by atoms with Crippen LogP contribution in [-0.2, 0) is 0 Å². The van der Waals surface area contributed by atoms with E-state index in [0.29, 0.717) is 17.0 Å². The number of rotatable bonds is 6. The number of halogens is 1. The molecule has 0 aliphatic rings. The van der Waals surface area contributed by atoms with Crippen LogP contribution in [0.2, 0.25) is 5.02 Å². The molecule has 18 heavy (non-hydrogen) atoms. The van der Waals surface area contributed by atoms with Gasteiger partial charge in [-0.25, -0.2) is 0 Å². The molecule has 0 aromatic heterocycles. The first-order chi connectivity index (χ1) is 8.44. The third kappa shape index (κ3) is 4.89. The van der Waals surface area contributed by atoms with Gasteiger partial charge in [0, 0.05) is 17.0 Å². The summed E-state index contributed by atoms with van der Waals surface area (Å²) in [7, 11) is 0. The summed E-state index contributed by atoms with van der Waals surface area (Å²) in [5, 5.41) is 9.52. The number of Topliss-reactive ketones (excluding diaryl/α,β-unsaturated/α-hetero) is 1. The van der Waals surface area contributed by atoms with Crippen LogP contribution in [0.4, 0.5) is 0 Å². The molecule has 0 radical (unpaired) electrons. The van der Waals surface area contributed by atoms with Crippen LogP contribution in [0.25, 0.3) is 0 Å². The molecule has 0 aliphatic heterocycles. The van der Waals surface area contributed by atoms with Crippen molar-refractivity contribution < 1.29 is 4.79 Å². The molecular formula is C15H18ClNO. The quantitative estimate of drug-likeness (QED) is 0.554. The molecule has 1 aromatic carbocycles. The fraction of sp³-hybridized carbons (Fsp3) is 0.467. The van der Waals surface area contributed by atoms with Crippen molar-refractivity contribution in [3.8, 4) is 6.07 Å². The SMILES string of the molecule is CC(C)(C#N)CCCCC(=O)c1ccc(Cl)cc1. The van der Waals surface area contributed by atoms with Crippen LogP contribution in [0.5, 0.6) is 0 Å². The molecule has 3 heteroatoms. The predicted octanol–water partition coefficient (Wildman–Crippen LogP) is 4.63. The van der Waals surface area contributed by atoms with E-state index in [2.05, 4.69) is 6.07 Å². The Morgan fingerprint density at radius 1 is 1.28 bits per heavy atom. The lowest BCUT2D eigenvalue weighted by atomic mass is 9.88. The molecule has 0 heterocycles. The molecule has 1 aromatic rings. The average molecular weight is 264 g/mol. The fourth-order valence-electron chi connectivity index (χ4n) is 1.69. The number of nitrogens with zero attached hydrogens (tertiary/aromatic N) is 1. The number of unbranched alkanes of at least 4 members (excludes halogenated alkanes) is 1. The molecule has 0 saturated heterocycles. The van der Waals surface area contributed by atoms with Gasteiger partial charge in [0.05, 0.1) is 11.5 Å². The summed E-state index contributed by atoms with van der Waals surface area (Å²) in [5.74, 6) is 0.140. The van der Waals surface area contributed by atoms with Gasteiger partial charge < -0.3 is 0 Å². The molecular weight excluding hydrogens is 246 g/mol. The van der Waals surface area contributed by atoms with Crippen LogP contribution >= 0.6 is 11.6 Å². The van der Waals surface area contributed by atoms with Crippen molar-refractivity contribution in [2.24, 2.45) is 5.41 Å². The van der Waals surface area contributed by atoms with E-state index in [4.69, 9.17) is 16.9 Å². The number of hydrogen-bond acceptors (Lipinski definition) is 2. The first kappa shape index (κ1) is 14.7. The minimum absolute atomic E-state index is 0.140. The summed E-state index contributed by atoms with van der Waals surface area (Å²) < 4.78 is 0. The van der Waals surface area contributed by atoms with Gasteiger partial charge in [0.25, 0.3) is 0 Å². The lowest BCUT2D eigenvalue weighted by molar-refractivity contribution is 0.0978. The lowest BCUT2D eigenvalue weighted by Crippen LogP contribution is -2.07. The van der Waals surface area contributed by atoms with Crippen LogP contribution in [0, 0.1) is 16.7 Å². The number of benzene rings is 1. The van der Waals surface area contributed by atoms with Crippen LogP contribution in [0.3, 0.4) is 0 Å². The summed E-state index contributed by atoms with van der Waals surface area (Å²) in [4.78, 5) is 11.8. The average Bonchev–Trinajstić information content (AvgIpc) is 2.35. The maximum absolute atomic E-state index is 11.8. The minimum Gasteiger partial charge on any atom is -0.294 e. The monoisotopic (exact) mass is 263 g/mol. The predicted molar refractivity (Wildman–Crippen MR) is 73.6 cm³/mol. The Balaban J connectivity index is 2.34. The van der Waals surface area contributed by atoms with E-state index in [1.54, 1.807) is 24.3 Å². The summed E-state index contributed by atoms with van der Waals surface area (Å²) >= 11 is 5.77. The molecule has 0 atom stereocenters. The molecule has 0 spiro atoms. The Labute approximate surface area is 114 Å². The Hall–Kier alpha value is -1.33. The van der Waals surface area contributed by atoms with E-state index in [9.17, 15) is 4.79 Å². The van der Waals surface area contributed by atoms with Crippen molar-refractivity contribution in [1.29, 1.82) is 5.26 Å². The van der Waals surface area contributed by atoms with E-state index >= 15 is 0 Å². The normalized spacial score (nSPS) is 11.0. The standard InChI is InChI=1S/C15H18ClNO/c1-15(2,11-17)10-4-3-5-14(18)12-6-8-13(16)9-7-12/h6-9H,3-5,10H2,1-2H3. The fourth-order valence-corrected chi connectivity index (χ4v) is 1.81. The zero-order chi connectivity index (χ0) is 13.6. The highest BCUT2D eigenvalue weighted by Crippen LogP contribution is 2.22. The van der Waals surface area contributed by atoms with E-state index in [-0.39, 0.29) is 11.2 Å². The smallest absolute Gasteiger partial charge is 0.162 e. The number of hydrogen-bond donors (Lipinski definition) is 0. The summed E-state index contributed by atoms with van der Waals surface area (Å²) in [6.45, 7) is 3.85. The Bertz CT molecular complexity index is 443. The van der Waals surface area contributed by atoms with Crippen LogP contribution in [0.1, 0.15) is 49.9 Å². The van der Waals surface area contributed by atoms with Crippen molar-refractivity contribution in [3.63, 3.8) is 0 Å². The van der Waals surface area contributed by atoms with Gasteiger partial charge in [-0.15, -0.1) is 0 Å². The molecule has 96 valence electrons. The Morgan fingerprint density at radius 2 is 1.89 bits per heavy atom. The zero-order valence-corrected chi connectivity index (χ0v) is 11.6. The minimum atomic E-state index is -0.288. The second-order valence-corrected chi connectivity index (χ2v) is 5.57. The summed E-state index contributed by atoms with van der Waals surface area (Å²) in [6.07, 6.45) is 3.09. The van der Waals surface area contributed by atoms with Crippen molar-refractivity contribution in [2.75, 3.05) is 0 Å². The van der Waals surface area contributed by atoms with Crippen molar-refractivity contribution in [1.82, 2.24) is 0 Å². The first-order valence-corrected chi connectivity index (χ1v) is 6.52. The van der Waals surface area contributed by atoms with Gasteiger partial charge in [-0.05, 0) is 51.0 Å². The summed E-state index contributed by atoms with van der Waals surface area (Å²) in [5.41, 5.74) is 0.419. The topological polar surface area (TPSA) is 40.9 Å². The zero-order valence-electron chi connectivity index (χ0n) is 10.9. The van der Waals surface area contributed by atoms with Crippen molar-refractivity contribution in [2.45, 2.75) is 39.5 Å². The van der Waals surface area contributed by atoms with E-state index in [0.717, 1.165) is 19.3 Å². The number of ketones is 1. The number of carbonyl (C=O) groups excluding carboxylic acids is 1. The molecule has 0 N–H and O–H groups in total. The third-order valence-electron chi connectivity index (χ3n) is 2.92. The second kappa shape index (κ2) is 6.56. The molecule has 0 bridgehead atoms. The highest BCUT2D eigenvalue weighted by molar-refractivity contribution is 6.30. The number of carbonyl (C=O) groups is 1. The molecule has 0 unspecified atom stereocenters. The molecule has 0 saturated carbocycles. The largest absolute Gasteiger partial charge is 0.294 e.